The molecule has 0 saturated heterocycles. The molecular weight excluding hydrogens is 398 g/mol. The molecule has 0 radical (unpaired) electrons. The number of anilines is 1. The zero-order valence-corrected chi connectivity index (χ0v) is 15.4. The number of carbonyl (C=O) groups is 2. The van der Waals surface area contributed by atoms with Crippen molar-refractivity contribution in [2.45, 2.75) is 6.92 Å². The van der Waals surface area contributed by atoms with E-state index in [-0.39, 0.29) is 6.61 Å². The van der Waals surface area contributed by atoms with E-state index in [1.54, 1.807) is 32.2 Å². The SMILES string of the molecule is Cc1nn(C)c(Cl)c1/C=C/C(=O)OCC(=O)Nc1ccccc1Br. The standard InChI is InChI=1S/C16H15BrClN3O3/c1-10-11(16(18)21(2)20-10)7-8-15(23)24-9-14(22)19-13-6-4-3-5-12(13)17/h3-8H,9H2,1-2H3,(H,19,22)/b8-7+. The Bertz CT molecular complexity index is 802. The highest BCUT2D eigenvalue weighted by molar-refractivity contribution is 9.10. The van der Waals surface area contributed by atoms with Gasteiger partial charge in [0.15, 0.2) is 6.61 Å². The van der Waals surface area contributed by atoms with E-state index in [4.69, 9.17) is 16.3 Å². The average molecular weight is 413 g/mol. The first-order valence-corrected chi connectivity index (χ1v) is 8.14. The van der Waals surface area contributed by atoms with Gasteiger partial charge in [0.25, 0.3) is 5.91 Å². The van der Waals surface area contributed by atoms with Gasteiger partial charge in [-0.05, 0) is 41.1 Å². The summed E-state index contributed by atoms with van der Waals surface area (Å²) in [5.41, 5.74) is 1.93. The van der Waals surface area contributed by atoms with Gasteiger partial charge in [-0.15, -0.1) is 0 Å². The van der Waals surface area contributed by atoms with E-state index in [1.807, 2.05) is 6.07 Å². The van der Waals surface area contributed by atoms with E-state index >= 15 is 0 Å². The third-order valence-electron chi connectivity index (χ3n) is 3.08. The van der Waals surface area contributed by atoms with Gasteiger partial charge in [0, 0.05) is 23.2 Å². The van der Waals surface area contributed by atoms with Crippen molar-refractivity contribution >= 4 is 51.2 Å². The average Bonchev–Trinajstić information content (AvgIpc) is 2.78. The number of halogens is 2. The highest BCUT2D eigenvalue weighted by Crippen LogP contribution is 2.21. The van der Waals surface area contributed by atoms with Crippen LogP contribution in [0, 0.1) is 6.92 Å². The number of esters is 1. The normalized spacial score (nSPS) is 10.8. The van der Waals surface area contributed by atoms with Gasteiger partial charge in [0.05, 0.1) is 11.4 Å². The van der Waals surface area contributed by atoms with E-state index in [9.17, 15) is 9.59 Å². The molecular formula is C16H15BrClN3O3. The number of rotatable bonds is 5. The van der Waals surface area contributed by atoms with E-state index in [0.29, 0.717) is 22.1 Å². The second-order valence-electron chi connectivity index (χ2n) is 4.88. The molecule has 24 heavy (non-hydrogen) atoms. The lowest BCUT2D eigenvalue weighted by molar-refractivity contribution is -0.142. The first kappa shape index (κ1) is 18.2. The number of hydrogen-bond donors (Lipinski definition) is 1. The number of carbonyl (C=O) groups excluding carboxylic acids is 2. The largest absolute Gasteiger partial charge is 0.452 e. The van der Waals surface area contributed by atoms with E-state index in [0.717, 1.165) is 4.47 Å². The van der Waals surface area contributed by atoms with Gasteiger partial charge < -0.3 is 10.1 Å². The lowest BCUT2D eigenvalue weighted by Crippen LogP contribution is -2.20. The summed E-state index contributed by atoms with van der Waals surface area (Å²) in [6.07, 6.45) is 2.72. The molecule has 2 aromatic rings. The van der Waals surface area contributed by atoms with Crippen molar-refractivity contribution in [3.05, 3.63) is 51.2 Å². The fourth-order valence-corrected chi connectivity index (χ4v) is 2.54. The number of amides is 1. The maximum Gasteiger partial charge on any atom is 0.331 e. The second kappa shape index (κ2) is 8.12. The monoisotopic (exact) mass is 411 g/mol. The molecule has 0 atom stereocenters. The van der Waals surface area contributed by atoms with Crippen molar-refractivity contribution in [3.63, 3.8) is 0 Å². The Kier molecular flexibility index (Phi) is 6.16. The van der Waals surface area contributed by atoms with Crippen molar-refractivity contribution in [2.24, 2.45) is 7.05 Å². The molecule has 0 spiro atoms. The molecule has 0 aliphatic carbocycles. The van der Waals surface area contributed by atoms with Crippen LogP contribution < -0.4 is 5.32 Å². The predicted molar refractivity (Wildman–Crippen MR) is 95.7 cm³/mol. The fraction of sp³-hybridized carbons (Fsp3) is 0.188. The number of para-hydroxylation sites is 1. The first-order chi connectivity index (χ1) is 11.4. The molecule has 0 aliphatic heterocycles. The molecule has 0 saturated carbocycles. The predicted octanol–water partition coefficient (Wildman–Crippen LogP) is 3.34. The summed E-state index contributed by atoms with van der Waals surface area (Å²) in [6, 6.07) is 7.15. The molecule has 1 aromatic carbocycles. The molecule has 1 N–H and O–H groups in total. The van der Waals surface area contributed by atoms with Gasteiger partial charge in [-0.2, -0.15) is 5.10 Å². The first-order valence-electron chi connectivity index (χ1n) is 6.97. The lowest BCUT2D eigenvalue weighted by atomic mass is 10.2. The van der Waals surface area contributed by atoms with Crippen LogP contribution in [0.25, 0.3) is 6.08 Å². The molecule has 1 amide bonds. The van der Waals surface area contributed by atoms with Gasteiger partial charge in [0.1, 0.15) is 5.15 Å². The van der Waals surface area contributed by atoms with Crippen LogP contribution in [0.15, 0.2) is 34.8 Å². The molecule has 0 bridgehead atoms. The van der Waals surface area contributed by atoms with Crippen LogP contribution in [0.1, 0.15) is 11.3 Å². The minimum Gasteiger partial charge on any atom is -0.452 e. The summed E-state index contributed by atoms with van der Waals surface area (Å²) in [6.45, 7) is 1.40. The van der Waals surface area contributed by atoms with Crippen molar-refractivity contribution in [3.8, 4) is 0 Å². The van der Waals surface area contributed by atoms with Gasteiger partial charge in [0.2, 0.25) is 0 Å². The maximum absolute atomic E-state index is 11.8. The molecule has 126 valence electrons. The van der Waals surface area contributed by atoms with E-state index in [1.165, 1.54) is 16.8 Å². The summed E-state index contributed by atoms with van der Waals surface area (Å²) < 4.78 is 7.15. The van der Waals surface area contributed by atoms with E-state index < -0.39 is 11.9 Å². The number of aromatic nitrogens is 2. The number of benzene rings is 1. The number of aryl methyl sites for hydroxylation is 2. The third kappa shape index (κ3) is 4.69. The zero-order valence-electron chi connectivity index (χ0n) is 13.0. The Hall–Kier alpha value is -2.12. The number of nitrogens with one attached hydrogen (secondary N) is 1. The van der Waals surface area contributed by atoms with Gasteiger partial charge >= 0.3 is 5.97 Å². The van der Waals surface area contributed by atoms with Crippen LogP contribution in [-0.2, 0) is 21.4 Å². The quantitative estimate of drug-likeness (QED) is 0.604. The van der Waals surface area contributed by atoms with Crippen molar-refractivity contribution in [2.75, 3.05) is 11.9 Å². The smallest absolute Gasteiger partial charge is 0.331 e. The van der Waals surface area contributed by atoms with Gasteiger partial charge in [-0.3, -0.25) is 9.48 Å². The lowest BCUT2D eigenvalue weighted by Gasteiger charge is -2.06. The highest BCUT2D eigenvalue weighted by atomic mass is 79.9. The molecule has 0 unspecified atom stereocenters. The molecule has 2 rings (SSSR count). The Balaban J connectivity index is 1.88. The Labute approximate surface area is 152 Å². The molecule has 8 heteroatoms. The van der Waals surface area contributed by atoms with Crippen LogP contribution in [0.5, 0.6) is 0 Å². The Morgan fingerprint density at radius 3 is 2.75 bits per heavy atom. The van der Waals surface area contributed by atoms with Crippen LogP contribution in [0.3, 0.4) is 0 Å². The number of ether oxygens (including phenoxy) is 1. The number of nitrogens with zero attached hydrogens (tertiary/aromatic N) is 2. The summed E-state index contributed by atoms with van der Waals surface area (Å²) in [5, 5.41) is 7.19. The maximum atomic E-state index is 11.8. The van der Waals surface area contributed by atoms with Crippen LogP contribution >= 0.6 is 27.5 Å². The second-order valence-corrected chi connectivity index (χ2v) is 6.09. The topological polar surface area (TPSA) is 73.2 Å². The molecule has 6 nitrogen and oxygen atoms in total. The molecule has 1 aromatic heterocycles. The fourth-order valence-electron chi connectivity index (χ4n) is 1.92. The summed E-state index contributed by atoms with van der Waals surface area (Å²) in [4.78, 5) is 23.5. The van der Waals surface area contributed by atoms with Crippen molar-refractivity contribution in [1.82, 2.24) is 9.78 Å². The van der Waals surface area contributed by atoms with Crippen LogP contribution in [-0.4, -0.2) is 28.3 Å². The van der Waals surface area contributed by atoms with Crippen LogP contribution in [0.4, 0.5) is 5.69 Å². The minimum absolute atomic E-state index is 0.385. The molecule has 0 fully saturated rings. The summed E-state index contributed by atoms with van der Waals surface area (Å²) in [7, 11) is 1.71. The van der Waals surface area contributed by atoms with Gasteiger partial charge in [-0.1, -0.05) is 23.7 Å². The summed E-state index contributed by atoms with van der Waals surface area (Å²) >= 11 is 9.38. The van der Waals surface area contributed by atoms with Crippen molar-refractivity contribution < 1.29 is 14.3 Å². The van der Waals surface area contributed by atoms with E-state index in [2.05, 4.69) is 26.3 Å². The van der Waals surface area contributed by atoms with Crippen LogP contribution in [0.2, 0.25) is 5.15 Å². The Morgan fingerprint density at radius 2 is 2.12 bits per heavy atom. The van der Waals surface area contributed by atoms with Crippen molar-refractivity contribution in [1.29, 1.82) is 0 Å². The molecule has 1 heterocycles. The third-order valence-corrected chi connectivity index (χ3v) is 4.22. The number of hydrogen-bond acceptors (Lipinski definition) is 4. The summed E-state index contributed by atoms with van der Waals surface area (Å²) in [5.74, 6) is -1.07. The Morgan fingerprint density at radius 1 is 1.42 bits per heavy atom. The minimum atomic E-state index is -0.642. The van der Waals surface area contributed by atoms with Gasteiger partial charge in [-0.25, -0.2) is 4.79 Å². The highest BCUT2D eigenvalue weighted by Gasteiger charge is 2.10. The zero-order chi connectivity index (χ0) is 17.7. The molecule has 0 aliphatic rings.